The van der Waals surface area contributed by atoms with Gasteiger partial charge in [-0.2, -0.15) is 5.26 Å². The fraction of sp³-hybridized carbons (Fsp3) is 0.857. The van der Waals surface area contributed by atoms with E-state index in [9.17, 15) is 10.1 Å². The molecule has 18 heavy (non-hydrogen) atoms. The van der Waals surface area contributed by atoms with Gasteiger partial charge in [0.2, 0.25) is 5.91 Å². The minimum Gasteiger partial charge on any atom is -0.340 e. The fourth-order valence-electron chi connectivity index (χ4n) is 2.59. The average Bonchev–Trinajstić information content (AvgIpc) is 2.88. The van der Waals surface area contributed by atoms with Crippen LogP contribution >= 0.6 is 0 Å². The molecule has 1 amide bonds. The molecule has 1 heterocycles. The van der Waals surface area contributed by atoms with Crippen molar-refractivity contribution in [2.24, 2.45) is 5.41 Å². The molecule has 2 unspecified atom stereocenters. The van der Waals surface area contributed by atoms with E-state index in [-0.39, 0.29) is 5.91 Å². The Morgan fingerprint density at radius 2 is 2.06 bits per heavy atom. The normalized spacial score (nSPS) is 22.9. The van der Waals surface area contributed by atoms with Gasteiger partial charge in [0.05, 0.1) is 6.07 Å². The summed E-state index contributed by atoms with van der Waals surface area (Å²) < 4.78 is 0. The Balaban J connectivity index is 2.67. The lowest BCUT2D eigenvalue weighted by Crippen LogP contribution is -2.43. The van der Waals surface area contributed by atoms with Crippen LogP contribution in [0.1, 0.15) is 40.5 Å². The summed E-state index contributed by atoms with van der Waals surface area (Å²) >= 11 is 0. The van der Waals surface area contributed by atoms with E-state index < -0.39 is 5.41 Å². The molecular weight excluding hydrogens is 226 g/mol. The smallest absolute Gasteiger partial charge is 0.242 e. The number of nitrogens with zero attached hydrogens (tertiary/aromatic N) is 3. The fourth-order valence-corrected chi connectivity index (χ4v) is 2.59. The van der Waals surface area contributed by atoms with Gasteiger partial charge in [-0.05, 0) is 32.9 Å². The zero-order valence-electron chi connectivity index (χ0n) is 12.1. The van der Waals surface area contributed by atoms with Crippen LogP contribution in [0.3, 0.4) is 0 Å². The zero-order chi connectivity index (χ0) is 13.8. The van der Waals surface area contributed by atoms with Crippen LogP contribution in [0.25, 0.3) is 0 Å². The highest BCUT2D eigenvalue weighted by Gasteiger charge is 2.39. The highest BCUT2D eigenvalue weighted by Crippen LogP contribution is 2.26. The SMILES string of the molecule is CCN(CC)C1CCN(C(=O)C(C)(C#N)CC)C1. The lowest BCUT2D eigenvalue weighted by Gasteiger charge is -2.28. The monoisotopic (exact) mass is 251 g/mol. The van der Waals surface area contributed by atoms with Crippen LogP contribution in [0, 0.1) is 16.7 Å². The van der Waals surface area contributed by atoms with Gasteiger partial charge in [-0.15, -0.1) is 0 Å². The number of rotatable bonds is 5. The number of hydrogen-bond acceptors (Lipinski definition) is 3. The first kappa shape index (κ1) is 15.0. The highest BCUT2D eigenvalue weighted by atomic mass is 16.2. The number of amides is 1. The van der Waals surface area contributed by atoms with E-state index in [1.54, 1.807) is 6.92 Å². The van der Waals surface area contributed by atoms with Gasteiger partial charge in [-0.25, -0.2) is 0 Å². The van der Waals surface area contributed by atoms with Gasteiger partial charge >= 0.3 is 0 Å². The van der Waals surface area contributed by atoms with Crippen molar-refractivity contribution < 1.29 is 4.79 Å². The molecule has 2 atom stereocenters. The molecule has 1 fully saturated rings. The van der Waals surface area contributed by atoms with Gasteiger partial charge in [0.25, 0.3) is 0 Å². The number of likely N-dealkylation sites (N-methyl/N-ethyl adjacent to an activating group) is 1. The lowest BCUT2D eigenvalue weighted by molar-refractivity contribution is -0.137. The number of carbonyl (C=O) groups excluding carboxylic acids is 1. The average molecular weight is 251 g/mol. The molecule has 4 nitrogen and oxygen atoms in total. The van der Waals surface area contributed by atoms with E-state index in [4.69, 9.17) is 0 Å². The van der Waals surface area contributed by atoms with Crippen LogP contribution in [0.5, 0.6) is 0 Å². The Labute approximate surface area is 111 Å². The Kier molecular flexibility index (Phi) is 5.15. The van der Waals surface area contributed by atoms with Crippen LogP contribution in [-0.4, -0.2) is 47.9 Å². The Morgan fingerprint density at radius 1 is 1.44 bits per heavy atom. The van der Waals surface area contributed by atoms with Gasteiger partial charge in [-0.3, -0.25) is 9.69 Å². The summed E-state index contributed by atoms with van der Waals surface area (Å²) in [4.78, 5) is 16.6. The molecule has 4 heteroatoms. The van der Waals surface area contributed by atoms with Gasteiger partial charge in [-0.1, -0.05) is 20.8 Å². The number of nitriles is 1. The van der Waals surface area contributed by atoms with Crippen LogP contribution in [0.4, 0.5) is 0 Å². The van der Waals surface area contributed by atoms with E-state index >= 15 is 0 Å². The van der Waals surface area contributed by atoms with Gasteiger partial charge < -0.3 is 4.90 Å². The first-order valence-corrected chi connectivity index (χ1v) is 6.97. The molecule has 102 valence electrons. The molecule has 0 spiro atoms. The van der Waals surface area contributed by atoms with Gasteiger partial charge in [0.15, 0.2) is 0 Å². The van der Waals surface area contributed by atoms with Gasteiger partial charge in [0.1, 0.15) is 5.41 Å². The summed E-state index contributed by atoms with van der Waals surface area (Å²) in [5.41, 5.74) is -0.849. The first-order valence-electron chi connectivity index (χ1n) is 6.97. The predicted octanol–water partition coefficient (Wildman–Crippen LogP) is 1.87. The maximum Gasteiger partial charge on any atom is 0.242 e. The Bertz CT molecular complexity index is 332. The standard InChI is InChI=1S/C14H25N3O/c1-5-14(4,11-15)13(18)17-9-8-12(10-17)16(6-2)7-3/h12H,5-10H2,1-4H3. The molecule has 0 bridgehead atoms. The van der Waals surface area contributed by atoms with Crippen LogP contribution in [0.2, 0.25) is 0 Å². The van der Waals surface area contributed by atoms with Crippen molar-refractivity contribution in [1.29, 1.82) is 5.26 Å². The summed E-state index contributed by atoms with van der Waals surface area (Å²) in [6.07, 6.45) is 1.60. The van der Waals surface area contributed by atoms with Crippen molar-refractivity contribution in [2.45, 2.75) is 46.6 Å². The van der Waals surface area contributed by atoms with Crippen molar-refractivity contribution in [3.05, 3.63) is 0 Å². The van der Waals surface area contributed by atoms with E-state index in [0.717, 1.165) is 32.6 Å². The van der Waals surface area contributed by atoms with E-state index in [2.05, 4.69) is 24.8 Å². The maximum atomic E-state index is 12.4. The third kappa shape index (κ3) is 2.84. The van der Waals surface area contributed by atoms with Crippen LogP contribution in [0.15, 0.2) is 0 Å². The predicted molar refractivity (Wildman–Crippen MR) is 71.9 cm³/mol. The van der Waals surface area contributed by atoms with Crippen molar-refractivity contribution >= 4 is 5.91 Å². The second-order valence-corrected chi connectivity index (χ2v) is 5.21. The molecule has 0 radical (unpaired) electrons. The van der Waals surface area contributed by atoms with Crippen molar-refractivity contribution in [2.75, 3.05) is 26.2 Å². The first-order chi connectivity index (χ1) is 8.52. The number of hydrogen-bond donors (Lipinski definition) is 0. The summed E-state index contributed by atoms with van der Waals surface area (Å²) in [5.74, 6) is 0.00200. The summed E-state index contributed by atoms with van der Waals surface area (Å²) in [6.45, 7) is 11.6. The molecule has 0 aromatic rings. The number of likely N-dealkylation sites (tertiary alicyclic amines) is 1. The molecule has 1 aliphatic heterocycles. The van der Waals surface area contributed by atoms with Crippen molar-refractivity contribution in [3.63, 3.8) is 0 Å². The minimum atomic E-state index is -0.849. The largest absolute Gasteiger partial charge is 0.340 e. The Morgan fingerprint density at radius 3 is 2.50 bits per heavy atom. The minimum absolute atomic E-state index is 0.00200. The molecular formula is C14H25N3O. The van der Waals surface area contributed by atoms with Crippen molar-refractivity contribution in [3.8, 4) is 6.07 Å². The molecule has 1 aliphatic rings. The molecule has 0 N–H and O–H groups in total. The molecule has 0 aromatic heterocycles. The second kappa shape index (κ2) is 6.19. The quantitative estimate of drug-likeness (QED) is 0.749. The van der Waals surface area contributed by atoms with Crippen LogP contribution < -0.4 is 0 Å². The summed E-state index contributed by atoms with van der Waals surface area (Å²) in [5, 5.41) is 9.18. The molecule has 0 saturated carbocycles. The third-order valence-corrected chi connectivity index (χ3v) is 4.21. The topological polar surface area (TPSA) is 47.3 Å². The van der Waals surface area contributed by atoms with E-state index in [0.29, 0.717) is 12.5 Å². The van der Waals surface area contributed by atoms with Crippen LogP contribution in [-0.2, 0) is 4.79 Å². The van der Waals surface area contributed by atoms with Gasteiger partial charge in [0, 0.05) is 19.1 Å². The van der Waals surface area contributed by atoms with Crippen molar-refractivity contribution in [1.82, 2.24) is 9.80 Å². The number of carbonyl (C=O) groups is 1. The molecule has 0 aromatic carbocycles. The van der Waals surface area contributed by atoms with E-state index in [1.807, 2.05) is 11.8 Å². The maximum absolute atomic E-state index is 12.4. The third-order valence-electron chi connectivity index (χ3n) is 4.21. The highest BCUT2D eigenvalue weighted by molar-refractivity contribution is 5.85. The second-order valence-electron chi connectivity index (χ2n) is 5.21. The molecule has 1 saturated heterocycles. The lowest BCUT2D eigenvalue weighted by atomic mass is 9.88. The Hall–Kier alpha value is -1.08. The van der Waals surface area contributed by atoms with E-state index in [1.165, 1.54) is 0 Å². The summed E-state index contributed by atoms with van der Waals surface area (Å²) in [6, 6.07) is 2.63. The summed E-state index contributed by atoms with van der Waals surface area (Å²) in [7, 11) is 0. The molecule has 0 aliphatic carbocycles. The zero-order valence-corrected chi connectivity index (χ0v) is 12.1. The molecule has 1 rings (SSSR count).